The average Bonchev–Trinajstić information content (AvgIpc) is 2.45. The second-order valence-electron chi connectivity index (χ2n) is 4.21. The number of alkyl halides is 2. The SMILES string of the molecule is CCCN(CC(=O)OC)C(=O)c1cccc(OC(F)F)c1. The maximum absolute atomic E-state index is 12.3. The van der Waals surface area contributed by atoms with Gasteiger partial charge in [0.15, 0.2) is 0 Å². The van der Waals surface area contributed by atoms with Gasteiger partial charge in [0.05, 0.1) is 7.11 Å². The summed E-state index contributed by atoms with van der Waals surface area (Å²) in [6.07, 6.45) is 0.649. The number of hydrogen-bond acceptors (Lipinski definition) is 4. The van der Waals surface area contributed by atoms with Gasteiger partial charge in [0, 0.05) is 12.1 Å². The number of carbonyl (C=O) groups excluding carboxylic acids is 2. The first-order chi connectivity index (χ1) is 9.97. The topological polar surface area (TPSA) is 55.8 Å². The van der Waals surface area contributed by atoms with E-state index < -0.39 is 18.5 Å². The molecule has 1 amide bonds. The molecule has 0 N–H and O–H groups in total. The minimum absolute atomic E-state index is 0.106. The third kappa shape index (κ3) is 5.37. The monoisotopic (exact) mass is 301 g/mol. The van der Waals surface area contributed by atoms with Crippen molar-refractivity contribution in [1.82, 2.24) is 4.90 Å². The summed E-state index contributed by atoms with van der Waals surface area (Å²) < 4.78 is 33.1. The number of ether oxygens (including phenoxy) is 2. The van der Waals surface area contributed by atoms with Crippen LogP contribution in [-0.2, 0) is 9.53 Å². The summed E-state index contributed by atoms with van der Waals surface area (Å²) in [4.78, 5) is 24.9. The van der Waals surface area contributed by atoms with Gasteiger partial charge in [-0.2, -0.15) is 8.78 Å². The number of hydrogen-bond donors (Lipinski definition) is 0. The van der Waals surface area contributed by atoms with Gasteiger partial charge in [-0.3, -0.25) is 9.59 Å². The Morgan fingerprint density at radius 3 is 2.62 bits per heavy atom. The summed E-state index contributed by atoms with van der Waals surface area (Å²) in [7, 11) is 1.23. The van der Waals surface area contributed by atoms with E-state index in [9.17, 15) is 18.4 Å². The second kappa shape index (κ2) is 8.18. The van der Waals surface area contributed by atoms with Crippen molar-refractivity contribution >= 4 is 11.9 Å². The lowest BCUT2D eigenvalue weighted by Gasteiger charge is -2.21. The van der Waals surface area contributed by atoms with Crippen LogP contribution in [0.3, 0.4) is 0 Å². The van der Waals surface area contributed by atoms with Crippen LogP contribution >= 0.6 is 0 Å². The van der Waals surface area contributed by atoms with Crippen molar-refractivity contribution in [3.05, 3.63) is 29.8 Å². The highest BCUT2D eigenvalue weighted by atomic mass is 19.3. The van der Waals surface area contributed by atoms with Crippen LogP contribution in [0, 0.1) is 0 Å². The number of esters is 1. The van der Waals surface area contributed by atoms with Crippen LogP contribution in [0.15, 0.2) is 24.3 Å². The van der Waals surface area contributed by atoms with Gasteiger partial charge in [-0.1, -0.05) is 13.0 Å². The van der Waals surface area contributed by atoms with E-state index >= 15 is 0 Å². The highest BCUT2D eigenvalue weighted by Gasteiger charge is 2.19. The van der Waals surface area contributed by atoms with Gasteiger partial charge >= 0.3 is 12.6 Å². The number of methoxy groups -OCH3 is 1. The van der Waals surface area contributed by atoms with Crippen LogP contribution < -0.4 is 4.74 Å². The van der Waals surface area contributed by atoms with Crippen molar-refractivity contribution in [1.29, 1.82) is 0 Å². The van der Waals surface area contributed by atoms with E-state index in [-0.39, 0.29) is 17.9 Å². The largest absolute Gasteiger partial charge is 0.468 e. The highest BCUT2D eigenvalue weighted by Crippen LogP contribution is 2.17. The molecule has 0 aliphatic carbocycles. The molecular formula is C14H17F2NO4. The van der Waals surface area contributed by atoms with Crippen LogP contribution in [0.1, 0.15) is 23.7 Å². The molecule has 0 aliphatic heterocycles. The van der Waals surface area contributed by atoms with E-state index in [0.29, 0.717) is 13.0 Å². The minimum Gasteiger partial charge on any atom is -0.468 e. The minimum atomic E-state index is -2.96. The number of carbonyl (C=O) groups is 2. The summed E-state index contributed by atoms with van der Waals surface area (Å²) in [5, 5.41) is 0. The van der Waals surface area contributed by atoms with Crippen LogP contribution in [-0.4, -0.2) is 43.6 Å². The van der Waals surface area contributed by atoms with E-state index in [1.54, 1.807) is 0 Å². The first-order valence-electron chi connectivity index (χ1n) is 6.38. The quantitative estimate of drug-likeness (QED) is 0.725. The number of nitrogens with zero attached hydrogens (tertiary/aromatic N) is 1. The fourth-order valence-corrected chi connectivity index (χ4v) is 1.73. The molecule has 21 heavy (non-hydrogen) atoms. The maximum atomic E-state index is 12.3. The maximum Gasteiger partial charge on any atom is 0.387 e. The summed E-state index contributed by atoms with van der Waals surface area (Å²) in [5.41, 5.74) is 0.172. The number of amides is 1. The molecule has 0 unspecified atom stereocenters. The Hall–Kier alpha value is -2.18. The van der Waals surface area contributed by atoms with Crippen LogP contribution in [0.25, 0.3) is 0 Å². The molecule has 5 nitrogen and oxygen atoms in total. The lowest BCUT2D eigenvalue weighted by atomic mass is 10.2. The fourth-order valence-electron chi connectivity index (χ4n) is 1.73. The van der Waals surface area contributed by atoms with Crippen molar-refractivity contribution in [2.75, 3.05) is 20.2 Å². The Balaban J connectivity index is 2.89. The molecule has 0 aliphatic rings. The molecule has 0 heterocycles. The molecule has 0 saturated carbocycles. The van der Waals surface area contributed by atoms with E-state index in [2.05, 4.69) is 9.47 Å². The fraction of sp³-hybridized carbons (Fsp3) is 0.429. The number of benzene rings is 1. The van der Waals surface area contributed by atoms with E-state index in [1.165, 1.54) is 36.3 Å². The molecule has 1 rings (SSSR count). The lowest BCUT2D eigenvalue weighted by Crippen LogP contribution is -2.36. The normalized spacial score (nSPS) is 10.3. The first kappa shape index (κ1) is 16.9. The van der Waals surface area contributed by atoms with Crippen molar-refractivity contribution in [2.24, 2.45) is 0 Å². The number of halogens is 2. The van der Waals surface area contributed by atoms with Gasteiger partial charge < -0.3 is 14.4 Å². The van der Waals surface area contributed by atoms with Gasteiger partial charge in [0.1, 0.15) is 12.3 Å². The summed E-state index contributed by atoms with van der Waals surface area (Å²) in [6, 6.07) is 5.45. The average molecular weight is 301 g/mol. The van der Waals surface area contributed by atoms with Crippen LogP contribution in [0.4, 0.5) is 8.78 Å². The van der Waals surface area contributed by atoms with Gasteiger partial charge in [-0.05, 0) is 24.6 Å². The Kier molecular flexibility index (Phi) is 6.58. The third-order valence-corrected chi connectivity index (χ3v) is 2.63. The Labute approximate surface area is 121 Å². The lowest BCUT2D eigenvalue weighted by molar-refractivity contribution is -0.141. The number of rotatable bonds is 7. The molecule has 0 radical (unpaired) electrons. The van der Waals surface area contributed by atoms with Gasteiger partial charge in [-0.25, -0.2) is 0 Å². The molecule has 116 valence electrons. The third-order valence-electron chi connectivity index (χ3n) is 2.63. The van der Waals surface area contributed by atoms with Gasteiger partial charge in [-0.15, -0.1) is 0 Å². The Morgan fingerprint density at radius 1 is 1.33 bits per heavy atom. The molecule has 1 aromatic carbocycles. The molecule has 1 aromatic rings. The molecule has 7 heteroatoms. The first-order valence-corrected chi connectivity index (χ1v) is 6.38. The van der Waals surface area contributed by atoms with Gasteiger partial charge in [0.2, 0.25) is 0 Å². The summed E-state index contributed by atoms with van der Waals surface area (Å²) >= 11 is 0. The van der Waals surface area contributed by atoms with Crippen molar-refractivity contribution in [3.63, 3.8) is 0 Å². The van der Waals surface area contributed by atoms with Crippen molar-refractivity contribution < 1.29 is 27.8 Å². The predicted molar refractivity (Wildman–Crippen MR) is 71.3 cm³/mol. The zero-order valence-corrected chi connectivity index (χ0v) is 11.8. The smallest absolute Gasteiger partial charge is 0.387 e. The predicted octanol–water partition coefficient (Wildman–Crippen LogP) is 2.31. The second-order valence-corrected chi connectivity index (χ2v) is 4.21. The highest BCUT2D eigenvalue weighted by molar-refractivity contribution is 5.96. The van der Waals surface area contributed by atoms with E-state index in [0.717, 1.165) is 0 Å². The molecule has 0 fully saturated rings. The van der Waals surface area contributed by atoms with Crippen LogP contribution in [0.2, 0.25) is 0 Å². The zero-order valence-electron chi connectivity index (χ0n) is 11.8. The van der Waals surface area contributed by atoms with Crippen LogP contribution in [0.5, 0.6) is 5.75 Å². The molecule has 0 spiro atoms. The summed E-state index contributed by atoms with van der Waals surface area (Å²) in [5.74, 6) is -1.09. The molecule has 0 aromatic heterocycles. The molecule has 0 bridgehead atoms. The Morgan fingerprint density at radius 2 is 2.05 bits per heavy atom. The molecule has 0 atom stereocenters. The van der Waals surface area contributed by atoms with Gasteiger partial charge in [0.25, 0.3) is 5.91 Å². The summed E-state index contributed by atoms with van der Waals surface area (Å²) in [6.45, 7) is -0.942. The van der Waals surface area contributed by atoms with Crippen molar-refractivity contribution in [2.45, 2.75) is 20.0 Å². The Bertz CT molecular complexity index is 494. The zero-order chi connectivity index (χ0) is 15.8. The standard InChI is InChI=1S/C14H17F2NO4/c1-3-7-17(9-12(18)20-2)13(19)10-5-4-6-11(8-10)21-14(15)16/h4-6,8,14H,3,7,9H2,1-2H3. The molecular weight excluding hydrogens is 284 g/mol. The van der Waals surface area contributed by atoms with E-state index in [4.69, 9.17) is 0 Å². The van der Waals surface area contributed by atoms with E-state index in [1.807, 2.05) is 6.92 Å². The van der Waals surface area contributed by atoms with Crippen molar-refractivity contribution in [3.8, 4) is 5.75 Å². The molecule has 0 saturated heterocycles.